The molecule has 0 aliphatic carbocycles. The number of hydrogen-bond acceptors (Lipinski definition) is 5. The Bertz CT molecular complexity index is 946. The fourth-order valence-corrected chi connectivity index (χ4v) is 5.08. The van der Waals surface area contributed by atoms with E-state index in [0.717, 1.165) is 42.8 Å². The predicted molar refractivity (Wildman–Crippen MR) is 117 cm³/mol. The van der Waals surface area contributed by atoms with Gasteiger partial charge in [-0.3, -0.25) is 9.69 Å². The van der Waals surface area contributed by atoms with E-state index >= 15 is 0 Å². The molecule has 4 rings (SSSR count). The van der Waals surface area contributed by atoms with Gasteiger partial charge in [-0.05, 0) is 51.1 Å². The Morgan fingerprint density at radius 2 is 1.93 bits per heavy atom. The fourth-order valence-electron chi connectivity index (χ4n) is 3.94. The highest BCUT2D eigenvalue weighted by Crippen LogP contribution is 2.34. The number of ether oxygens (including phenoxy) is 1. The molecule has 0 radical (unpaired) electrons. The molecule has 5 nitrogen and oxygen atoms in total. The van der Waals surface area contributed by atoms with Crippen molar-refractivity contribution in [2.45, 2.75) is 38.3 Å². The Morgan fingerprint density at radius 1 is 1.21 bits per heavy atom. The Kier molecular flexibility index (Phi) is 6.11. The van der Waals surface area contributed by atoms with Crippen molar-refractivity contribution in [3.05, 3.63) is 59.1 Å². The standard InChI is InChI=1S/C23H27N3O2S/c1-16(22(27)24-15-18-7-3-5-9-20(18)28-2)26-13-11-17(12-14-26)23-25-19-8-4-6-10-21(19)29-23/h3-10,16-17H,11-15H2,1-2H3,(H,24,27). The molecule has 0 spiro atoms. The maximum absolute atomic E-state index is 12.7. The molecule has 1 fully saturated rings. The van der Waals surface area contributed by atoms with E-state index in [0.29, 0.717) is 12.5 Å². The van der Waals surface area contributed by atoms with E-state index < -0.39 is 0 Å². The normalized spacial score (nSPS) is 16.6. The molecule has 1 unspecified atom stereocenters. The van der Waals surface area contributed by atoms with Crippen LogP contribution in [0.1, 0.15) is 36.3 Å². The van der Waals surface area contributed by atoms with Gasteiger partial charge in [0.05, 0.1) is 28.4 Å². The molecule has 0 saturated carbocycles. The largest absolute Gasteiger partial charge is 0.496 e. The van der Waals surface area contributed by atoms with Crippen LogP contribution in [0.2, 0.25) is 0 Å². The molecule has 6 heteroatoms. The van der Waals surface area contributed by atoms with Crippen LogP contribution in [0.15, 0.2) is 48.5 Å². The molecule has 1 aromatic heterocycles. The van der Waals surface area contributed by atoms with Gasteiger partial charge in [0, 0.05) is 18.0 Å². The van der Waals surface area contributed by atoms with E-state index in [4.69, 9.17) is 9.72 Å². The summed E-state index contributed by atoms with van der Waals surface area (Å²) in [7, 11) is 1.65. The number of nitrogens with zero attached hydrogens (tertiary/aromatic N) is 2. The molecular formula is C23H27N3O2S. The molecule has 0 bridgehead atoms. The number of carbonyl (C=O) groups is 1. The van der Waals surface area contributed by atoms with E-state index in [1.807, 2.05) is 48.6 Å². The number of thiazole rings is 1. The Labute approximate surface area is 175 Å². The molecule has 29 heavy (non-hydrogen) atoms. The molecule has 3 aromatic rings. The highest BCUT2D eigenvalue weighted by atomic mass is 32.1. The van der Waals surface area contributed by atoms with E-state index in [-0.39, 0.29) is 11.9 Å². The van der Waals surface area contributed by atoms with Gasteiger partial charge in [-0.2, -0.15) is 0 Å². The molecule has 1 N–H and O–H groups in total. The number of rotatable bonds is 6. The van der Waals surface area contributed by atoms with Crippen molar-refractivity contribution in [3.8, 4) is 5.75 Å². The first kappa shape index (κ1) is 19.9. The third kappa shape index (κ3) is 4.43. The minimum atomic E-state index is -0.138. The highest BCUT2D eigenvalue weighted by molar-refractivity contribution is 7.18. The molecular weight excluding hydrogens is 382 g/mol. The average molecular weight is 410 g/mol. The summed E-state index contributed by atoms with van der Waals surface area (Å²) in [5, 5.41) is 4.30. The second kappa shape index (κ2) is 8.93. The van der Waals surface area contributed by atoms with Crippen molar-refractivity contribution in [1.82, 2.24) is 15.2 Å². The lowest BCUT2D eigenvalue weighted by molar-refractivity contribution is -0.126. The van der Waals surface area contributed by atoms with Crippen molar-refractivity contribution < 1.29 is 9.53 Å². The van der Waals surface area contributed by atoms with Crippen molar-refractivity contribution in [2.24, 2.45) is 0 Å². The van der Waals surface area contributed by atoms with Crippen LogP contribution < -0.4 is 10.1 Å². The number of carbonyl (C=O) groups excluding carboxylic acids is 1. The Balaban J connectivity index is 1.31. The highest BCUT2D eigenvalue weighted by Gasteiger charge is 2.28. The third-order valence-electron chi connectivity index (χ3n) is 5.76. The first-order chi connectivity index (χ1) is 14.2. The molecule has 1 aliphatic rings. The van der Waals surface area contributed by atoms with Gasteiger partial charge in [-0.1, -0.05) is 30.3 Å². The van der Waals surface area contributed by atoms with E-state index in [9.17, 15) is 4.79 Å². The van der Waals surface area contributed by atoms with E-state index in [2.05, 4.69) is 28.4 Å². The zero-order valence-electron chi connectivity index (χ0n) is 16.9. The quantitative estimate of drug-likeness (QED) is 0.663. The van der Waals surface area contributed by atoms with Gasteiger partial charge in [-0.15, -0.1) is 11.3 Å². The summed E-state index contributed by atoms with van der Waals surface area (Å²) in [5.41, 5.74) is 2.09. The van der Waals surface area contributed by atoms with Crippen LogP contribution >= 0.6 is 11.3 Å². The summed E-state index contributed by atoms with van der Waals surface area (Å²) >= 11 is 1.81. The van der Waals surface area contributed by atoms with Gasteiger partial charge in [0.1, 0.15) is 5.75 Å². The lowest BCUT2D eigenvalue weighted by atomic mass is 9.96. The lowest BCUT2D eigenvalue weighted by Crippen LogP contribution is -2.47. The number of nitrogens with one attached hydrogen (secondary N) is 1. The van der Waals surface area contributed by atoms with Crippen molar-refractivity contribution in [2.75, 3.05) is 20.2 Å². The smallest absolute Gasteiger partial charge is 0.237 e. The van der Waals surface area contributed by atoms with Crippen molar-refractivity contribution in [3.63, 3.8) is 0 Å². The maximum Gasteiger partial charge on any atom is 0.237 e. The lowest BCUT2D eigenvalue weighted by Gasteiger charge is -2.34. The van der Waals surface area contributed by atoms with Crippen LogP contribution in [0.4, 0.5) is 0 Å². The van der Waals surface area contributed by atoms with Crippen LogP contribution in [-0.2, 0) is 11.3 Å². The topological polar surface area (TPSA) is 54.5 Å². The summed E-state index contributed by atoms with van der Waals surface area (Å²) in [5.74, 6) is 1.36. The number of para-hydroxylation sites is 2. The fraction of sp³-hybridized carbons (Fsp3) is 0.391. The number of fused-ring (bicyclic) bond motifs is 1. The second-order valence-electron chi connectivity index (χ2n) is 7.54. The van der Waals surface area contributed by atoms with Crippen LogP contribution in [0.5, 0.6) is 5.75 Å². The summed E-state index contributed by atoms with van der Waals surface area (Å²) in [6, 6.07) is 16.0. The van der Waals surface area contributed by atoms with Gasteiger partial charge in [0.25, 0.3) is 0 Å². The Hall–Kier alpha value is -2.44. The van der Waals surface area contributed by atoms with Gasteiger partial charge in [0.15, 0.2) is 0 Å². The summed E-state index contributed by atoms with van der Waals surface area (Å²) in [4.78, 5) is 19.8. The van der Waals surface area contributed by atoms with Gasteiger partial charge >= 0.3 is 0 Å². The summed E-state index contributed by atoms with van der Waals surface area (Å²) in [6.45, 7) is 4.32. The van der Waals surface area contributed by atoms with Crippen LogP contribution in [0.25, 0.3) is 10.2 Å². The van der Waals surface area contributed by atoms with Crippen LogP contribution in [0, 0.1) is 0 Å². The molecule has 1 aliphatic heterocycles. The molecule has 2 aromatic carbocycles. The van der Waals surface area contributed by atoms with Crippen LogP contribution in [-0.4, -0.2) is 42.0 Å². The zero-order valence-corrected chi connectivity index (χ0v) is 17.7. The molecule has 1 amide bonds. The first-order valence-corrected chi connectivity index (χ1v) is 11.0. The first-order valence-electron chi connectivity index (χ1n) is 10.1. The monoisotopic (exact) mass is 409 g/mol. The van der Waals surface area contributed by atoms with E-state index in [1.54, 1.807) is 7.11 Å². The number of likely N-dealkylation sites (tertiary alicyclic amines) is 1. The van der Waals surface area contributed by atoms with E-state index in [1.165, 1.54) is 9.71 Å². The van der Waals surface area contributed by atoms with Gasteiger partial charge in [-0.25, -0.2) is 4.98 Å². The summed E-state index contributed by atoms with van der Waals surface area (Å²) < 4.78 is 6.62. The Morgan fingerprint density at radius 3 is 2.69 bits per heavy atom. The van der Waals surface area contributed by atoms with Crippen molar-refractivity contribution in [1.29, 1.82) is 0 Å². The number of piperidine rings is 1. The summed E-state index contributed by atoms with van der Waals surface area (Å²) in [6.07, 6.45) is 2.09. The number of methoxy groups -OCH3 is 1. The number of benzene rings is 2. The minimum Gasteiger partial charge on any atom is -0.496 e. The van der Waals surface area contributed by atoms with Crippen molar-refractivity contribution >= 4 is 27.5 Å². The molecule has 1 saturated heterocycles. The average Bonchev–Trinajstić information content (AvgIpc) is 3.21. The predicted octanol–water partition coefficient (Wildman–Crippen LogP) is 4.19. The number of hydrogen-bond donors (Lipinski definition) is 1. The zero-order chi connectivity index (χ0) is 20.2. The SMILES string of the molecule is COc1ccccc1CNC(=O)C(C)N1CCC(c2nc3ccccc3s2)CC1. The maximum atomic E-state index is 12.7. The molecule has 1 atom stereocenters. The van der Waals surface area contributed by atoms with Gasteiger partial charge < -0.3 is 10.1 Å². The van der Waals surface area contributed by atoms with Crippen LogP contribution in [0.3, 0.4) is 0 Å². The second-order valence-corrected chi connectivity index (χ2v) is 8.60. The van der Waals surface area contributed by atoms with Gasteiger partial charge in [0.2, 0.25) is 5.91 Å². The molecule has 2 heterocycles. The third-order valence-corrected chi connectivity index (χ3v) is 6.96. The number of aromatic nitrogens is 1. The molecule has 152 valence electrons. The number of amides is 1. The minimum absolute atomic E-state index is 0.0642.